The van der Waals surface area contributed by atoms with Gasteiger partial charge in [0.2, 0.25) is 5.91 Å². The molecule has 1 saturated heterocycles. The average Bonchev–Trinajstić information content (AvgIpc) is 3.16. The van der Waals surface area contributed by atoms with E-state index in [4.69, 9.17) is 9.72 Å². The Labute approximate surface area is 166 Å². The molecule has 0 atom stereocenters. The van der Waals surface area contributed by atoms with E-state index in [1.165, 1.54) is 5.69 Å². The van der Waals surface area contributed by atoms with Gasteiger partial charge in [-0.25, -0.2) is 4.98 Å². The molecule has 28 heavy (non-hydrogen) atoms. The molecule has 1 amide bonds. The number of hydrogen-bond acceptors (Lipinski definition) is 4. The summed E-state index contributed by atoms with van der Waals surface area (Å²) in [5, 5.41) is 0. The van der Waals surface area contributed by atoms with Gasteiger partial charge in [-0.2, -0.15) is 0 Å². The molecule has 2 aliphatic heterocycles. The number of nitrogens with zero attached hydrogens (tertiary/aromatic N) is 3. The zero-order valence-corrected chi connectivity index (χ0v) is 16.9. The van der Waals surface area contributed by atoms with Gasteiger partial charge < -0.3 is 14.6 Å². The van der Waals surface area contributed by atoms with Gasteiger partial charge in [-0.1, -0.05) is 6.92 Å². The van der Waals surface area contributed by atoms with Crippen molar-refractivity contribution in [2.45, 2.75) is 39.2 Å². The summed E-state index contributed by atoms with van der Waals surface area (Å²) in [6.07, 6.45) is 3.82. The molecule has 1 aromatic carbocycles. The number of carbonyl (C=O) groups excluding carboxylic acids is 1. The lowest BCUT2D eigenvalue weighted by Crippen LogP contribution is -2.40. The largest absolute Gasteiger partial charge is 0.497 e. The van der Waals surface area contributed by atoms with Crippen molar-refractivity contribution in [2.75, 3.05) is 33.3 Å². The van der Waals surface area contributed by atoms with Crippen LogP contribution in [-0.4, -0.2) is 59.0 Å². The first kappa shape index (κ1) is 19.0. The van der Waals surface area contributed by atoms with Crippen molar-refractivity contribution in [3.8, 4) is 17.1 Å². The van der Waals surface area contributed by atoms with Crippen LogP contribution in [0.2, 0.25) is 0 Å². The molecule has 2 aliphatic rings. The third-order valence-corrected chi connectivity index (χ3v) is 6.05. The van der Waals surface area contributed by atoms with Crippen LogP contribution in [0.3, 0.4) is 0 Å². The minimum atomic E-state index is 0.307. The van der Waals surface area contributed by atoms with Crippen LogP contribution in [0, 0.1) is 5.92 Å². The number of H-pyrrole nitrogens is 1. The molecular weight excluding hydrogens is 352 g/mol. The van der Waals surface area contributed by atoms with Gasteiger partial charge >= 0.3 is 0 Å². The number of benzene rings is 1. The standard InChI is InChI=1S/C22H30N4O2/c1-16-7-13-26(14-8-16)21(27)10-12-25-11-9-19-20(15-25)24-22(23-19)17-3-5-18(28-2)6-4-17/h3-6,16H,7-15H2,1-2H3,(H,23,24). The van der Waals surface area contributed by atoms with Crippen molar-refractivity contribution in [2.24, 2.45) is 5.92 Å². The first-order valence-corrected chi connectivity index (χ1v) is 10.3. The van der Waals surface area contributed by atoms with Crippen LogP contribution in [0.5, 0.6) is 5.75 Å². The van der Waals surface area contributed by atoms with Gasteiger partial charge in [0.15, 0.2) is 0 Å². The minimum Gasteiger partial charge on any atom is -0.497 e. The number of ether oxygens (including phenoxy) is 1. The average molecular weight is 383 g/mol. The molecule has 0 unspecified atom stereocenters. The second-order valence-corrected chi connectivity index (χ2v) is 8.08. The molecule has 0 spiro atoms. The molecule has 3 heterocycles. The number of methoxy groups -OCH3 is 1. The lowest BCUT2D eigenvalue weighted by atomic mass is 9.99. The van der Waals surface area contributed by atoms with Gasteiger partial charge in [0, 0.05) is 51.1 Å². The van der Waals surface area contributed by atoms with Gasteiger partial charge in [-0.05, 0) is 43.0 Å². The van der Waals surface area contributed by atoms with Crippen LogP contribution in [0.1, 0.15) is 37.6 Å². The number of fused-ring (bicyclic) bond motifs is 1. The van der Waals surface area contributed by atoms with Crippen LogP contribution < -0.4 is 4.74 Å². The van der Waals surface area contributed by atoms with Crippen LogP contribution >= 0.6 is 0 Å². The molecule has 1 N–H and O–H groups in total. The highest BCUT2D eigenvalue weighted by atomic mass is 16.5. The van der Waals surface area contributed by atoms with E-state index in [2.05, 4.69) is 16.8 Å². The maximum Gasteiger partial charge on any atom is 0.223 e. The lowest BCUT2D eigenvalue weighted by Gasteiger charge is -2.31. The smallest absolute Gasteiger partial charge is 0.223 e. The molecule has 4 rings (SSSR count). The molecule has 0 saturated carbocycles. The third kappa shape index (κ3) is 4.22. The van der Waals surface area contributed by atoms with E-state index in [1.54, 1.807) is 7.11 Å². The fourth-order valence-electron chi connectivity index (χ4n) is 4.10. The third-order valence-electron chi connectivity index (χ3n) is 6.05. The Morgan fingerprint density at radius 2 is 1.96 bits per heavy atom. The molecule has 0 radical (unpaired) electrons. The van der Waals surface area contributed by atoms with Crippen LogP contribution in [0.4, 0.5) is 0 Å². The molecule has 6 heteroatoms. The van der Waals surface area contributed by atoms with E-state index < -0.39 is 0 Å². The molecule has 150 valence electrons. The second-order valence-electron chi connectivity index (χ2n) is 8.08. The Hall–Kier alpha value is -2.34. The number of carbonyl (C=O) groups is 1. The number of hydrogen-bond donors (Lipinski definition) is 1. The predicted molar refractivity (Wildman–Crippen MR) is 109 cm³/mol. The summed E-state index contributed by atoms with van der Waals surface area (Å²) in [5.74, 6) is 2.82. The van der Waals surface area contributed by atoms with E-state index in [1.807, 2.05) is 29.2 Å². The zero-order chi connectivity index (χ0) is 19.5. The number of aromatic nitrogens is 2. The van der Waals surface area contributed by atoms with Crippen molar-refractivity contribution in [3.05, 3.63) is 35.7 Å². The number of amides is 1. The normalized spacial score (nSPS) is 18.1. The minimum absolute atomic E-state index is 0.307. The molecule has 6 nitrogen and oxygen atoms in total. The van der Waals surface area contributed by atoms with Crippen LogP contribution in [0.15, 0.2) is 24.3 Å². The number of imidazole rings is 1. The van der Waals surface area contributed by atoms with E-state index in [0.717, 1.165) is 80.7 Å². The SMILES string of the molecule is COc1ccc(-c2nc3c([nH]2)CN(CCC(=O)N2CCC(C)CC2)CC3)cc1. The first-order valence-electron chi connectivity index (χ1n) is 10.3. The summed E-state index contributed by atoms with van der Waals surface area (Å²) in [6.45, 7) is 6.75. The van der Waals surface area contributed by atoms with Gasteiger partial charge in [-0.15, -0.1) is 0 Å². The molecule has 1 aromatic heterocycles. The van der Waals surface area contributed by atoms with Gasteiger partial charge in [0.05, 0.1) is 18.5 Å². The van der Waals surface area contributed by atoms with E-state index in [0.29, 0.717) is 12.3 Å². The van der Waals surface area contributed by atoms with Crippen molar-refractivity contribution in [1.82, 2.24) is 19.8 Å². The number of piperidine rings is 1. The van der Waals surface area contributed by atoms with Gasteiger partial charge in [-0.3, -0.25) is 9.69 Å². The van der Waals surface area contributed by atoms with E-state index in [-0.39, 0.29) is 0 Å². The summed E-state index contributed by atoms with van der Waals surface area (Å²) >= 11 is 0. The maximum absolute atomic E-state index is 12.5. The quantitative estimate of drug-likeness (QED) is 0.863. The molecule has 0 bridgehead atoms. The number of nitrogens with one attached hydrogen (secondary N) is 1. The molecular formula is C22H30N4O2. The van der Waals surface area contributed by atoms with Crippen molar-refractivity contribution < 1.29 is 9.53 Å². The first-order chi connectivity index (χ1) is 13.6. The lowest BCUT2D eigenvalue weighted by molar-refractivity contribution is -0.132. The van der Waals surface area contributed by atoms with E-state index in [9.17, 15) is 4.79 Å². The maximum atomic E-state index is 12.5. The number of aromatic amines is 1. The number of rotatable bonds is 5. The Kier molecular flexibility index (Phi) is 5.67. The second kappa shape index (κ2) is 8.35. The fourth-order valence-corrected chi connectivity index (χ4v) is 4.10. The summed E-state index contributed by atoms with van der Waals surface area (Å²) in [4.78, 5) is 25.2. The Morgan fingerprint density at radius 3 is 2.68 bits per heavy atom. The zero-order valence-electron chi connectivity index (χ0n) is 16.9. The predicted octanol–water partition coefficient (Wildman–Crippen LogP) is 3.09. The monoisotopic (exact) mass is 382 g/mol. The molecule has 0 aliphatic carbocycles. The number of likely N-dealkylation sites (tertiary alicyclic amines) is 1. The van der Waals surface area contributed by atoms with Crippen molar-refractivity contribution in [1.29, 1.82) is 0 Å². The summed E-state index contributed by atoms with van der Waals surface area (Å²) in [7, 11) is 1.67. The highest BCUT2D eigenvalue weighted by Crippen LogP contribution is 2.24. The van der Waals surface area contributed by atoms with Crippen LogP contribution in [0.25, 0.3) is 11.4 Å². The Bertz CT molecular complexity index is 806. The molecule has 1 fully saturated rings. The summed E-state index contributed by atoms with van der Waals surface area (Å²) in [5.41, 5.74) is 3.39. The Morgan fingerprint density at radius 1 is 1.21 bits per heavy atom. The highest BCUT2D eigenvalue weighted by Gasteiger charge is 2.23. The summed E-state index contributed by atoms with van der Waals surface area (Å²) < 4.78 is 5.23. The topological polar surface area (TPSA) is 61.5 Å². The van der Waals surface area contributed by atoms with Gasteiger partial charge in [0.1, 0.15) is 11.6 Å². The molecule has 2 aromatic rings. The van der Waals surface area contributed by atoms with E-state index >= 15 is 0 Å². The highest BCUT2D eigenvalue weighted by molar-refractivity contribution is 5.76. The van der Waals surface area contributed by atoms with Gasteiger partial charge in [0.25, 0.3) is 0 Å². The van der Waals surface area contributed by atoms with Crippen molar-refractivity contribution >= 4 is 5.91 Å². The van der Waals surface area contributed by atoms with Crippen LogP contribution in [-0.2, 0) is 17.8 Å². The Balaban J connectivity index is 1.33. The summed E-state index contributed by atoms with van der Waals surface area (Å²) in [6, 6.07) is 7.96. The van der Waals surface area contributed by atoms with Crippen molar-refractivity contribution in [3.63, 3.8) is 0 Å². The fraction of sp³-hybridized carbons (Fsp3) is 0.545.